The van der Waals surface area contributed by atoms with Gasteiger partial charge in [0.05, 0.1) is 0 Å². The molecule has 0 aliphatic rings. The van der Waals surface area contributed by atoms with Crippen molar-refractivity contribution in [3.63, 3.8) is 0 Å². The lowest BCUT2D eigenvalue weighted by Crippen LogP contribution is -2.51. The minimum absolute atomic E-state index is 0.0394. The highest BCUT2D eigenvalue weighted by Crippen LogP contribution is 2.18. The van der Waals surface area contributed by atoms with Crippen LogP contribution in [0.4, 0.5) is 5.69 Å². The lowest BCUT2D eigenvalue weighted by molar-refractivity contribution is -0.123. The van der Waals surface area contributed by atoms with E-state index in [0.29, 0.717) is 6.54 Å². The van der Waals surface area contributed by atoms with Crippen molar-refractivity contribution in [1.29, 1.82) is 0 Å². The Morgan fingerprint density at radius 1 is 1.45 bits per heavy atom. The van der Waals surface area contributed by atoms with Crippen molar-refractivity contribution in [3.05, 3.63) is 29.8 Å². The highest BCUT2D eigenvalue weighted by Gasteiger charge is 2.24. The summed E-state index contributed by atoms with van der Waals surface area (Å²) in [7, 11) is 1.93. The molecule has 0 aliphatic heterocycles. The fourth-order valence-electron chi connectivity index (χ4n) is 1.83. The Morgan fingerprint density at radius 3 is 2.65 bits per heavy atom. The van der Waals surface area contributed by atoms with E-state index < -0.39 is 0 Å². The molecule has 112 valence electrons. The van der Waals surface area contributed by atoms with Crippen LogP contribution in [0.3, 0.4) is 0 Å². The highest BCUT2D eigenvalue weighted by molar-refractivity contribution is 5.85. The number of nitrogens with one attached hydrogen (secondary N) is 1. The molecule has 1 aromatic rings. The maximum atomic E-state index is 12.3. The van der Waals surface area contributed by atoms with Crippen LogP contribution in [-0.2, 0) is 11.3 Å². The maximum Gasteiger partial charge on any atom is 0.242 e. The third-order valence-electron chi connectivity index (χ3n) is 3.86. The molecule has 0 spiro atoms. The van der Waals surface area contributed by atoms with E-state index in [1.165, 1.54) is 0 Å². The van der Waals surface area contributed by atoms with E-state index in [0.717, 1.165) is 17.7 Å². The van der Waals surface area contributed by atoms with Gasteiger partial charge in [-0.15, -0.1) is 0 Å². The van der Waals surface area contributed by atoms with E-state index in [1.54, 1.807) is 0 Å². The molecule has 1 aromatic carbocycles. The predicted molar refractivity (Wildman–Crippen MR) is 84.7 cm³/mol. The van der Waals surface area contributed by atoms with Crippen LogP contribution in [0.1, 0.15) is 39.7 Å². The van der Waals surface area contributed by atoms with Crippen molar-refractivity contribution in [2.24, 2.45) is 5.73 Å². The van der Waals surface area contributed by atoms with E-state index in [2.05, 4.69) is 12.2 Å². The Bertz CT molecular complexity index is 457. The van der Waals surface area contributed by atoms with Crippen LogP contribution in [0.15, 0.2) is 24.3 Å². The number of benzene rings is 1. The fraction of sp³-hybridized carbons (Fsp3) is 0.562. The van der Waals surface area contributed by atoms with E-state index in [9.17, 15) is 4.79 Å². The van der Waals surface area contributed by atoms with E-state index >= 15 is 0 Å². The number of hydrogen-bond donors (Lipinski definition) is 2. The summed E-state index contributed by atoms with van der Waals surface area (Å²) in [6, 6.07) is 7.74. The minimum Gasteiger partial charge on any atom is -0.363 e. The summed E-state index contributed by atoms with van der Waals surface area (Å²) in [6.07, 6.45) is 0.901. The summed E-state index contributed by atoms with van der Waals surface area (Å²) in [5.74, 6) is 0.0394. The van der Waals surface area contributed by atoms with Gasteiger partial charge in [0.1, 0.15) is 6.04 Å². The second-order valence-corrected chi connectivity index (χ2v) is 5.89. The third-order valence-corrected chi connectivity index (χ3v) is 3.86. The maximum absolute atomic E-state index is 12.3. The van der Waals surface area contributed by atoms with Gasteiger partial charge in [-0.05, 0) is 44.9 Å². The second-order valence-electron chi connectivity index (χ2n) is 5.89. The number of likely N-dealkylation sites (N-methyl/N-ethyl adjacent to an activating group) is 1. The zero-order chi connectivity index (χ0) is 15.3. The Hall–Kier alpha value is -1.55. The van der Waals surface area contributed by atoms with E-state index in [1.807, 2.05) is 57.0 Å². The van der Waals surface area contributed by atoms with Gasteiger partial charge in [0.15, 0.2) is 0 Å². The molecule has 0 heterocycles. The summed E-state index contributed by atoms with van der Waals surface area (Å²) >= 11 is 0. The molecule has 0 radical (unpaired) electrons. The van der Waals surface area contributed by atoms with Crippen molar-refractivity contribution in [2.45, 2.75) is 52.2 Å². The average Bonchev–Trinajstić information content (AvgIpc) is 2.45. The smallest absolute Gasteiger partial charge is 0.242 e. The molecule has 0 bridgehead atoms. The average molecular weight is 277 g/mol. The molecule has 1 unspecified atom stereocenters. The molecule has 0 fully saturated rings. The molecular formula is C16H27N3O. The van der Waals surface area contributed by atoms with Crippen LogP contribution in [0, 0.1) is 0 Å². The zero-order valence-corrected chi connectivity index (χ0v) is 13.2. The first kappa shape index (κ1) is 16.5. The Labute approximate surface area is 122 Å². The Kier molecular flexibility index (Phi) is 5.57. The molecule has 0 aliphatic carbocycles. The van der Waals surface area contributed by atoms with Gasteiger partial charge in [-0.2, -0.15) is 0 Å². The summed E-state index contributed by atoms with van der Waals surface area (Å²) < 4.78 is 0. The first-order valence-corrected chi connectivity index (χ1v) is 7.14. The number of carbonyl (C=O) groups excluding carboxylic acids is 1. The number of carbonyl (C=O) groups is 1. The number of hydrogen-bond acceptors (Lipinski definition) is 3. The molecule has 1 amide bonds. The molecule has 3 N–H and O–H groups in total. The summed E-state index contributed by atoms with van der Waals surface area (Å²) in [4.78, 5) is 14.3. The monoisotopic (exact) mass is 277 g/mol. The van der Waals surface area contributed by atoms with Gasteiger partial charge < -0.3 is 16.0 Å². The summed E-state index contributed by atoms with van der Waals surface area (Å²) in [5.41, 5.74) is 7.55. The molecular weight excluding hydrogens is 250 g/mol. The van der Waals surface area contributed by atoms with Gasteiger partial charge in [0.2, 0.25) is 5.91 Å². The third kappa shape index (κ3) is 4.23. The van der Waals surface area contributed by atoms with Crippen LogP contribution in [0.2, 0.25) is 0 Å². The topological polar surface area (TPSA) is 58.4 Å². The van der Waals surface area contributed by atoms with Crippen LogP contribution in [-0.4, -0.2) is 24.5 Å². The Balaban J connectivity index is 2.80. The molecule has 0 saturated heterocycles. The van der Waals surface area contributed by atoms with Crippen molar-refractivity contribution < 1.29 is 4.79 Å². The quantitative estimate of drug-likeness (QED) is 0.838. The zero-order valence-electron chi connectivity index (χ0n) is 13.2. The van der Waals surface area contributed by atoms with Gasteiger partial charge in [-0.25, -0.2) is 0 Å². The van der Waals surface area contributed by atoms with Gasteiger partial charge in [-0.3, -0.25) is 4.79 Å². The summed E-state index contributed by atoms with van der Waals surface area (Å²) in [6.45, 7) is 8.56. The fourth-order valence-corrected chi connectivity index (χ4v) is 1.83. The predicted octanol–water partition coefficient (Wildman–Crippen LogP) is 2.27. The van der Waals surface area contributed by atoms with E-state index in [-0.39, 0.29) is 17.5 Å². The van der Waals surface area contributed by atoms with Crippen LogP contribution >= 0.6 is 0 Å². The SMILES string of the molecule is CCC(C)(C)NC(=O)C(C)N(C)c1cccc(CN)c1. The van der Waals surface area contributed by atoms with E-state index in [4.69, 9.17) is 5.73 Å². The summed E-state index contributed by atoms with van der Waals surface area (Å²) in [5, 5.41) is 3.08. The standard InChI is InChI=1S/C16H27N3O/c1-6-16(3,4)18-15(20)12(2)19(5)14-9-7-8-13(10-14)11-17/h7-10,12H,6,11,17H2,1-5H3,(H,18,20). The lowest BCUT2D eigenvalue weighted by atomic mass is 10.0. The number of amides is 1. The van der Waals surface area contributed by atoms with Crippen LogP contribution in [0.5, 0.6) is 0 Å². The number of nitrogens with two attached hydrogens (primary N) is 1. The van der Waals surface area contributed by atoms with Gasteiger partial charge in [-0.1, -0.05) is 19.1 Å². The van der Waals surface area contributed by atoms with Gasteiger partial charge in [0.25, 0.3) is 0 Å². The molecule has 1 atom stereocenters. The van der Waals surface area contributed by atoms with Crippen LogP contribution in [0.25, 0.3) is 0 Å². The first-order chi connectivity index (χ1) is 9.30. The molecule has 0 saturated carbocycles. The molecule has 1 rings (SSSR count). The van der Waals surface area contributed by atoms with Gasteiger partial charge in [0, 0.05) is 24.8 Å². The van der Waals surface area contributed by atoms with Crippen molar-refractivity contribution in [3.8, 4) is 0 Å². The lowest BCUT2D eigenvalue weighted by Gasteiger charge is -2.31. The second kappa shape index (κ2) is 6.75. The van der Waals surface area contributed by atoms with Crippen LogP contribution < -0.4 is 16.0 Å². The first-order valence-electron chi connectivity index (χ1n) is 7.14. The van der Waals surface area contributed by atoms with Gasteiger partial charge >= 0.3 is 0 Å². The number of rotatable bonds is 6. The van der Waals surface area contributed by atoms with Crippen molar-refractivity contribution >= 4 is 11.6 Å². The molecule has 20 heavy (non-hydrogen) atoms. The number of anilines is 1. The van der Waals surface area contributed by atoms with Crippen molar-refractivity contribution in [2.75, 3.05) is 11.9 Å². The molecule has 0 aromatic heterocycles. The highest BCUT2D eigenvalue weighted by atomic mass is 16.2. The molecule has 4 nitrogen and oxygen atoms in total. The normalized spacial score (nSPS) is 12.9. The molecule has 4 heteroatoms. The van der Waals surface area contributed by atoms with Crippen molar-refractivity contribution in [1.82, 2.24) is 5.32 Å². The largest absolute Gasteiger partial charge is 0.363 e. The number of nitrogens with zero attached hydrogens (tertiary/aromatic N) is 1. The minimum atomic E-state index is -0.228. The Morgan fingerprint density at radius 2 is 2.10 bits per heavy atom.